The minimum absolute atomic E-state index is 0.00607. The van der Waals surface area contributed by atoms with Crippen molar-refractivity contribution < 1.29 is 14.6 Å². The van der Waals surface area contributed by atoms with Gasteiger partial charge in [0.2, 0.25) is 0 Å². The average Bonchev–Trinajstić information content (AvgIpc) is 2.31. The van der Waals surface area contributed by atoms with E-state index in [0.717, 1.165) is 17.6 Å². The van der Waals surface area contributed by atoms with E-state index in [1.165, 1.54) is 0 Å². The first-order valence-electron chi connectivity index (χ1n) is 5.81. The number of aliphatic hydroxyl groups excluding tert-OH is 1. The van der Waals surface area contributed by atoms with Gasteiger partial charge in [-0.25, -0.2) is 0 Å². The van der Waals surface area contributed by atoms with Crippen LogP contribution in [0.2, 0.25) is 0 Å². The molecule has 1 aromatic carbocycles. The van der Waals surface area contributed by atoms with Crippen LogP contribution >= 0.6 is 0 Å². The maximum absolute atomic E-state index is 9.06. The maximum atomic E-state index is 9.06. The Morgan fingerprint density at radius 2 is 2.06 bits per heavy atom. The molecule has 1 aromatic rings. The van der Waals surface area contributed by atoms with E-state index in [1.807, 2.05) is 26.0 Å². The summed E-state index contributed by atoms with van der Waals surface area (Å²) in [5.74, 6) is 1.39. The first kappa shape index (κ1) is 13.6. The SMILES string of the molecule is C=C(C)CCOc1ccc(CO)cc1OCC. The van der Waals surface area contributed by atoms with Gasteiger partial charge in [0, 0.05) is 6.42 Å². The summed E-state index contributed by atoms with van der Waals surface area (Å²) in [6, 6.07) is 5.47. The normalized spacial score (nSPS) is 10.1. The molecule has 0 aliphatic carbocycles. The fraction of sp³-hybridized carbons (Fsp3) is 0.429. The molecule has 0 saturated carbocycles. The van der Waals surface area contributed by atoms with Gasteiger partial charge in [0.05, 0.1) is 19.8 Å². The molecule has 0 unspecified atom stereocenters. The molecule has 1 rings (SSSR count). The molecule has 0 fully saturated rings. The van der Waals surface area contributed by atoms with Crippen molar-refractivity contribution in [2.24, 2.45) is 0 Å². The second kappa shape index (κ2) is 6.97. The second-order valence-corrected chi connectivity index (χ2v) is 3.93. The van der Waals surface area contributed by atoms with Crippen molar-refractivity contribution in [2.75, 3.05) is 13.2 Å². The fourth-order valence-corrected chi connectivity index (χ4v) is 1.37. The van der Waals surface area contributed by atoms with Gasteiger partial charge >= 0.3 is 0 Å². The van der Waals surface area contributed by atoms with Crippen molar-refractivity contribution in [3.63, 3.8) is 0 Å². The zero-order valence-electron chi connectivity index (χ0n) is 10.5. The number of benzene rings is 1. The van der Waals surface area contributed by atoms with Gasteiger partial charge in [0.1, 0.15) is 0 Å². The smallest absolute Gasteiger partial charge is 0.161 e. The molecule has 0 heterocycles. The largest absolute Gasteiger partial charge is 0.490 e. The molecule has 94 valence electrons. The molecule has 0 atom stereocenters. The van der Waals surface area contributed by atoms with Crippen molar-refractivity contribution in [2.45, 2.75) is 26.9 Å². The third-order valence-corrected chi connectivity index (χ3v) is 2.28. The zero-order chi connectivity index (χ0) is 12.7. The number of rotatable bonds is 7. The fourth-order valence-electron chi connectivity index (χ4n) is 1.37. The lowest BCUT2D eigenvalue weighted by molar-refractivity contribution is 0.270. The van der Waals surface area contributed by atoms with Crippen molar-refractivity contribution in [1.82, 2.24) is 0 Å². The monoisotopic (exact) mass is 236 g/mol. The van der Waals surface area contributed by atoms with Crippen LogP contribution in [0, 0.1) is 0 Å². The Morgan fingerprint density at radius 3 is 2.65 bits per heavy atom. The highest BCUT2D eigenvalue weighted by molar-refractivity contribution is 5.42. The Labute approximate surface area is 103 Å². The van der Waals surface area contributed by atoms with Gasteiger partial charge in [-0.3, -0.25) is 0 Å². The van der Waals surface area contributed by atoms with E-state index in [-0.39, 0.29) is 6.61 Å². The van der Waals surface area contributed by atoms with Crippen LogP contribution in [0.4, 0.5) is 0 Å². The lowest BCUT2D eigenvalue weighted by Gasteiger charge is -2.12. The van der Waals surface area contributed by atoms with E-state index in [9.17, 15) is 0 Å². The van der Waals surface area contributed by atoms with Gasteiger partial charge in [-0.1, -0.05) is 11.6 Å². The molecule has 1 N–H and O–H groups in total. The van der Waals surface area contributed by atoms with E-state index in [4.69, 9.17) is 14.6 Å². The standard InChI is InChI=1S/C14H20O3/c1-4-16-14-9-12(10-15)5-6-13(14)17-8-7-11(2)3/h5-6,9,15H,2,4,7-8,10H2,1,3H3. The van der Waals surface area contributed by atoms with Crippen LogP contribution in [-0.2, 0) is 6.61 Å². The molecule has 0 bridgehead atoms. The highest BCUT2D eigenvalue weighted by atomic mass is 16.5. The predicted molar refractivity (Wildman–Crippen MR) is 68.5 cm³/mol. The Kier molecular flexibility index (Phi) is 5.57. The lowest BCUT2D eigenvalue weighted by Crippen LogP contribution is -2.02. The third-order valence-electron chi connectivity index (χ3n) is 2.28. The lowest BCUT2D eigenvalue weighted by atomic mass is 10.2. The molecular formula is C14H20O3. The molecule has 17 heavy (non-hydrogen) atoms. The van der Waals surface area contributed by atoms with Crippen molar-refractivity contribution >= 4 is 0 Å². The van der Waals surface area contributed by atoms with Gasteiger partial charge < -0.3 is 14.6 Å². The summed E-state index contributed by atoms with van der Waals surface area (Å²) < 4.78 is 11.1. The first-order chi connectivity index (χ1) is 8.17. The van der Waals surface area contributed by atoms with Crippen LogP contribution in [0.5, 0.6) is 11.5 Å². The van der Waals surface area contributed by atoms with E-state index >= 15 is 0 Å². The molecule has 0 radical (unpaired) electrons. The molecule has 3 nitrogen and oxygen atoms in total. The molecule has 0 saturated heterocycles. The Hall–Kier alpha value is -1.48. The van der Waals surface area contributed by atoms with Gasteiger partial charge in [-0.15, -0.1) is 6.58 Å². The molecule has 0 aliphatic rings. The van der Waals surface area contributed by atoms with E-state index in [0.29, 0.717) is 24.7 Å². The van der Waals surface area contributed by atoms with Crippen LogP contribution in [0.25, 0.3) is 0 Å². The van der Waals surface area contributed by atoms with Crippen LogP contribution in [0.1, 0.15) is 25.8 Å². The maximum Gasteiger partial charge on any atom is 0.161 e. The molecule has 0 aliphatic heterocycles. The van der Waals surface area contributed by atoms with E-state index < -0.39 is 0 Å². The van der Waals surface area contributed by atoms with Gasteiger partial charge in [-0.2, -0.15) is 0 Å². The molecule has 0 spiro atoms. The molecule has 3 heteroatoms. The van der Waals surface area contributed by atoms with Crippen molar-refractivity contribution in [3.05, 3.63) is 35.9 Å². The van der Waals surface area contributed by atoms with E-state index in [2.05, 4.69) is 6.58 Å². The van der Waals surface area contributed by atoms with E-state index in [1.54, 1.807) is 6.07 Å². The summed E-state index contributed by atoms with van der Waals surface area (Å²) in [5, 5.41) is 9.06. The summed E-state index contributed by atoms with van der Waals surface area (Å²) in [7, 11) is 0. The minimum Gasteiger partial charge on any atom is -0.490 e. The Morgan fingerprint density at radius 1 is 1.29 bits per heavy atom. The Bertz CT molecular complexity index is 372. The van der Waals surface area contributed by atoms with Crippen LogP contribution < -0.4 is 9.47 Å². The second-order valence-electron chi connectivity index (χ2n) is 3.93. The quantitative estimate of drug-likeness (QED) is 0.740. The minimum atomic E-state index is 0.00607. The highest BCUT2D eigenvalue weighted by Gasteiger charge is 2.06. The molecular weight excluding hydrogens is 216 g/mol. The first-order valence-corrected chi connectivity index (χ1v) is 5.81. The topological polar surface area (TPSA) is 38.7 Å². The summed E-state index contributed by atoms with van der Waals surface area (Å²) in [6.45, 7) is 8.89. The number of hydrogen-bond donors (Lipinski definition) is 1. The summed E-state index contributed by atoms with van der Waals surface area (Å²) in [5.41, 5.74) is 1.91. The Balaban J connectivity index is 2.71. The highest BCUT2D eigenvalue weighted by Crippen LogP contribution is 2.28. The van der Waals surface area contributed by atoms with Crippen LogP contribution in [0.3, 0.4) is 0 Å². The van der Waals surface area contributed by atoms with Crippen molar-refractivity contribution in [3.8, 4) is 11.5 Å². The van der Waals surface area contributed by atoms with Crippen LogP contribution in [0.15, 0.2) is 30.4 Å². The molecule has 0 aromatic heterocycles. The number of aliphatic hydroxyl groups is 1. The zero-order valence-corrected chi connectivity index (χ0v) is 10.5. The van der Waals surface area contributed by atoms with Crippen LogP contribution in [-0.4, -0.2) is 18.3 Å². The summed E-state index contributed by atoms with van der Waals surface area (Å²) in [6.07, 6.45) is 0.827. The van der Waals surface area contributed by atoms with Gasteiger partial charge in [-0.05, 0) is 31.5 Å². The van der Waals surface area contributed by atoms with Crippen molar-refractivity contribution in [1.29, 1.82) is 0 Å². The summed E-state index contributed by atoms with van der Waals surface area (Å²) in [4.78, 5) is 0. The average molecular weight is 236 g/mol. The molecule has 0 amide bonds. The predicted octanol–water partition coefficient (Wildman–Crippen LogP) is 2.92. The number of ether oxygens (including phenoxy) is 2. The van der Waals surface area contributed by atoms with Gasteiger partial charge in [0.15, 0.2) is 11.5 Å². The van der Waals surface area contributed by atoms with Gasteiger partial charge in [0.25, 0.3) is 0 Å². The number of hydrogen-bond acceptors (Lipinski definition) is 3. The third kappa shape index (κ3) is 4.49. The summed E-state index contributed by atoms with van der Waals surface area (Å²) >= 11 is 0.